The molecule has 5 heteroatoms. The van der Waals surface area contributed by atoms with Crippen LogP contribution in [0.2, 0.25) is 0 Å². The summed E-state index contributed by atoms with van der Waals surface area (Å²) in [5.74, 6) is 0.261. The van der Waals surface area contributed by atoms with E-state index in [2.05, 4.69) is 32.2 Å². The number of ether oxygens (including phenoxy) is 2. The number of benzene rings is 1. The molecule has 148 valence electrons. The van der Waals surface area contributed by atoms with E-state index in [1.807, 2.05) is 25.1 Å². The minimum atomic E-state index is -0.842. The van der Waals surface area contributed by atoms with E-state index in [1.54, 1.807) is 7.11 Å². The van der Waals surface area contributed by atoms with Crippen molar-refractivity contribution in [3.05, 3.63) is 54.6 Å². The molecule has 4 rings (SSSR count). The van der Waals surface area contributed by atoms with Gasteiger partial charge in [-0.2, -0.15) is 0 Å². The number of methoxy groups -OCH3 is 1. The van der Waals surface area contributed by atoms with Gasteiger partial charge in [-0.25, -0.2) is 0 Å². The molecule has 27 heavy (non-hydrogen) atoms. The van der Waals surface area contributed by atoms with Crippen LogP contribution in [0.3, 0.4) is 0 Å². The molecule has 1 aromatic carbocycles. The molecule has 2 aliphatic heterocycles. The fraction of sp³-hybridized carbons (Fsp3) is 0.545. The van der Waals surface area contributed by atoms with E-state index in [4.69, 9.17) is 9.47 Å². The van der Waals surface area contributed by atoms with Gasteiger partial charge in [0.25, 0.3) is 0 Å². The number of aliphatic hydroxyl groups excluding tert-OH is 2. The van der Waals surface area contributed by atoms with E-state index in [0.717, 1.165) is 12.0 Å². The number of fused-ring (bicyclic) bond motifs is 3. The standard InChI is InChI=1S/C22H30O4Se/c1-13(2)18-17-11-15(4)22(26-21(17)25-5,19(18)20(24)14(3)12-23)27-16-9-7-6-8-10-16/h6-10,15,17-21,23-24H,1,3,11-12H2,2,4-5H3/t15-,17-,18-,19-,20?,21?,22-/m1/s1. The molecule has 1 aliphatic carbocycles. The first-order chi connectivity index (χ1) is 12.9. The van der Waals surface area contributed by atoms with Crippen molar-refractivity contribution in [2.75, 3.05) is 13.7 Å². The molecule has 1 aromatic rings. The van der Waals surface area contributed by atoms with Crippen molar-refractivity contribution in [3.8, 4) is 0 Å². The zero-order valence-corrected chi connectivity index (χ0v) is 18.0. The topological polar surface area (TPSA) is 58.9 Å². The first kappa shape index (κ1) is 20.8. The fourth-order valence-corrected chi connectivity index (χ4v) is 8.01. The molecule has 3 aliphatic rings. The van der Waals surface area contributed by atoms with Crippen LogP contribution in [-0.2, 0) is 9.47 Å². The van der Waals surface area contributed by atoms with Crippen molar-refractivity contribution in [2.24, 2.45) is 23.7 Å². The summed E-state index contributed by atoms with van der Waals surface area (Å²) < 4.78 is 13.0. The SMILES string of the molecule is C=C(CO)C(O)[C@H]1[C@H](C(=C)C)[C@H]2C[C@@H](C)[C@]1([Se]c1ccccc1)OC2OC. The summed E-state index contributed by atoms with van der Waals surface area (Å²) in [6.45, 7) is 12.2. The number of hydrogen-bond acceptors (Lipinski definition) is 4. The Balaban J connectivity index is 2.11. The molecule has 0 radical (unpaired) electrons. The normalized spacial score (nSPS) is 36.4. The van der Waals surface area contributed by atoms with Crippen molar-refractivity contribution >= 4 is 19.4 Å². The van der Waals surface area contributed by atoms with E-state index in [-0.39, 0.29) is 51.5 Å². The first-order valence-electron chi connectivity index (χ1n) is 9.42. The van der Waals surface area contributed by atoms with Crippen LogP contribution < -0.4 is 4.46 Å². The molecule has 2 saturated heterocycles. The molecule has 0 aromatic heterocycles. The molecule has 2 unspecified atom stereocenters. The Morgan fingerprint density at radius 3 is 2.59 bits per heavy atom. The Labute approximate surface area is 168 Å². The molecule has 4 nitrogen and oxygen atoms in total. The van der Waals surface area contributed by atoms with Crippen molar-refractivity contribution in [1.29, 1.82) is 0 Å². The monoisotopic (exact) mass is 438 g/mol. The fourth-order valence-electron chi connectivity index (χ4n) is 4.83. The summed E-state index contributed by atoms with van der Waals surface area (Å²) in [5.41, 5.74) is 1.46. The Bertz CT molecular complexity index is 691. The summed E-state index contributed by atoms with van der Waals surface area (Å²) in [6, 6.07) is 10.3. The van der Waals surface area contributed by atoms with Gasteiger partial charge < -0.3 is 0 Å². The van der Waals surface area contributed by atoms with Crippen LogP contribution in [0.4, 0.5) is 0 Å². The molecule has 0 amide bonds. The molecule has 2 heterocycles. The molecule has 1 saturated carbocycles. The maximum absolute atomic E-state index is 11.2. The van der Waals surface area contributed by atoms with Gasteiger partial charge in [0, 0.05) is 0 Å². The third kappa shape index (κ3) is 3.57. The molecule has 2 N–H and O–H groups in total. The molecule has 3 fully saturated rings. The van der Waals surface area contributed by atoms with Crippen LogP contribution >= 0.6 is 0 Å². The summed E-state index contributed by atoms with van der Waals surface area (Å²) in [6.07, 6.45) is -0.177. The Morgan fingerprint density at radius 2 is 2.04 bits per heavy atom. The maximum atomic E-state index is 11.2. The average molecular weight is 437 g/mol. The Hall–Kier alpha value is -0.941. The molecule has 2 bridgehead atoms. The number of rotatable bonds is 7. The second-order valence-electron chi connectivity index (χ2n) is 7.82. The van der Waals surface area contributed by atoms with Gasteiger partial charge >= 0.3 is 168 Å². The third-order valence-corrected chi connectivity index (χ3v) is 9.41. The first-order valence-corrected chi connectivity index (χ1v) is 11.1. The van der Waals surface area contributed by atoms with Gasteiger partial charge in [-0.1, -0.05) is 0 Å². The van der Waals surface area contributed by atoms with Gasteiger partial charge in [0.15, 0.2) is 0 Å². The Kier molecular flexibility index (Phi) is 6.31. The van der Waals surface area contributed by atoms with Gasteiger partial charge in [0.2, 0.25) is 0 Å². The van der Waals surface area contributed by atoms with Crippen LogP contribution in [0, 0.1) is 23.7 Å². The number of hydrogen-bond donors (Lipinski definition) is 2. The van der Waals surface area contributed by atoms with Crippen LogP contribution in [0.5, 0.6) is 0 Å². The van der Waals surface area contributed by atoms with Gasteiger partial charge in [-0.3, -0.25) is 0 Å². The third-order valence-electron chi connectivity index (χ3n) is 6.06. The molecular weight excluding hydrogens is 407 g/mol. The quantitative estimate of drug-likeness (QED) is 0.507. The average Bonchev–Trinajstić information content (AvgIpc) is 2.67. The van der Waals surface area contributed by atoms with Gasteiger partial charge in [0.1, 0.15) is 0 Å². The minimum absolute atomic E-state index is 0.0507. The van der Waals surface area contributed by atoms with E-state index < -0.39 is 10.6 Å². The van der Waals surface area contributed by atoms with Crippen molar-refractivity contribution in [1.82, 2.24) is 0 Å². The second-order valence-corrected chi connectivity index (χ2v) is 10.6. The van der Waals surface area contributed by atoms with Crippen LogP contribution in [0.1, 0.15) is 20.3 Å². The van der Waals surface area contributed by atoms with Crippen molar-refractivity contribution in [2.45, 2.75) is 37.2 Å². The van der Waals surface area contributed by atoms with E-state index >= 15 is 0 Å². The second kappa shape index (κ2) is 8.20. The van der Waals surface area contributed by atoms with E-state index in [1.165, 1.54) is 4.46 Å². The van der Waals surface area contributed by atoms with Gasteiger partial charge in [-0.15, -0.1) is 0 Å². The van der Waals surface area contributed by atoms with Gasteiger partial charge in [-0.05, 0) is 0 Å². The van der Waals surface area contributed by atoms with Crippen molar-refractivity contribution in [3.63, 3.8) is 0 Å². The molecule has 0 spiro atoms. The van der Waals surface area contributed by atoms with Crippen LogP contribution in [-0.4, -0.2) is 55.8 Å². The number of aliphatic hydroxyl groups is 2. The van der Waals surface area contributed by atoms with E-state index in [0.29, 0.717) is 5.57 Å². The summed E-state index contributed by atoms with van der Waals surface area (Å²) >= 11 is -0.0507. The summed E-state index contributed by atoms with van der Waals surface area (Å²) in [5, 5.41) is 20.8. The summed E-state index contributed by atoms with van der Waals surface area (Å²) in [7, 11) is 1.69. The van der Waals surface area contributed by atoms with Gasteiger partial charge in [0.05, 0.1) is 0 Å². The number of allylic oxidation sites excluding steroid dienone is 1. The Morgan fingerprint density at radius 1 is 1.37 bits per heavy atom. The van der Waals surface area contributed by atoms with E-state index in [9.17, 15) is 10.2 Å². The van der Waals surface area contributed by atoms with Crippen molar-refractivity contribution < 1.29 is 19.7 Å². The predicted molar refractivity (Wildman–Crippen MR) is 108 cm³/mol. The zero-order chi connectivity index (χ0) is 19.8. The summed E-state index contributed by atoms with van der Waals surface area (Å²) in [4.78, 5) is 0. The van der Waals surface area contributed by atoms with Crippen LogP contribution in [0.15, 0.2) is 54.6 Å². The zero-order valence-electron chi connectivity index (χ0n) is 16.3. The van der Waals surface area contributed by atoms with Crippen LogP contribution in [0.25, 0.3) is 0 Å². The molecule has 7 atom stereocenters. The molecular formula is C22H30O4Se. The predicted octanol–water partition coefficient (Wildman–Crippen LogP) is 2.09.